The first-order valence-electron chi connectivity index (χ1n) is 8.38. The summed E-state index contributed by atoms with van der Waals surface area (Å²) in [6.45, 7) is 2.78. The van der Waals surface area contributed by atoms with E-state index in [2.05, 4.69) is 4.90 Å². The van der Waals surface area contributed by atoms with E-state index in [0.717, 1.165) is 34.3 Å². The van der Waals surface area contributed by atoms with Crippen LogP contribution in [0.3, 0.4) is 0 Å². The predicted molar refractivity (Wildman–Crippen MR) is 95.8 cm³/mol. The molecule has 2 aliphatic heterocycles. The summed E-state index contributed by atoms with van der Waals surface area (Å²) < 4.78 is 5.41. The number of likely N-dealkylation sites (N-methyl/N-ethyl adjacent to an activating group) is 2. The first kappa shape index (κ1) is 17.8. The van der Waals surface area contributed by atoms with Crippen molar-refractivity contribution in [2.24, 2.45) is 0 Å². The van der Waals surface area contributed by atoms with Crippen LogP contribution in [0, 0.1) is 0 Å². The summed E-state index contributed by atoms with van der Waals surface area (Å²) in [7, 11) is 4.40. The van der Waals surface area contributed by atoms with Crippen molar-refractivity contribution in [2.75, 3.05) is 52.3 Å². The van der Waals surface area contributed by atoms with Gasteiger partial charge in [0.05, 0.1) is 12.8 Å². The number of ether oxygens (including phenoxy) is 1. The fourth-order valence-corrected chi connectivity index (χ4v) is 3.13. The molecular weight excluding hydrogens is 336 g/mol. The summed E-state index contributed by atoms with van der Waals surface area (Å²) in [5.74, 6) is -0.311. The van der Waals surface area contributed by atoms with Crippen LogP contribution < -0.4 is 9.64 Å². The SMILES string of the molecule is COc1ccccc1N1CCN(C=C2C(=O)N(C)C(=O)N(C)C2=O)CC1. The number of carbonyl (C=O) groups is 3. The van der Waals surface area contributed by atoms with Gasteiger partial charge in [0.2, 0.25) is 0 Å². The standard InChI is InChI=1S/C18H22N4O4/c1-19-16(23)13(17(24)20(2)18(19)25)12-21-8-10-22(11-9-21)14-6-4-5-7-15(14)26-3/h4-7,12H,8-11H2,1-3H3. The maximum atomic E-state index is 12.3. The van der Waals surface area contributed by atoms with E-state index < -0.39 is 17.8 Å². The van der Waals surface area contributed by atoms with E-state index in [0.29, 0.717) is 13.1 Å². The molecule has 26 heavy (non-hydrogen) atoms. The number of hydrogen-bond acceptors (Lipinski definition) is 6. The van der Waals surface area contributed by atoms with E-state index in [4.69, 9.17) is 4.74 Å². The number of benzene rings is 1. The molecule has 0 unspecified atom stereocenters. The number of anilines is 1. The number of para-hydroxylation sites is 2. The number of methoxy groups -OCH3 is 1. The molecule has 0 N–H and O–H groups in total. The number of imide groups is 2. The molecule has 8 nitrogen and oxygen atoms in total. The summed E-state index contributed by atoms with van der Waals surface area (Å²) in [6.07, 6.45) is 1.57. The van der Waals surface area contributed by atoms with Crippen LogP contribution in [0.1, 0.15) is 0 Å². The second-order valence-electron chi connectivity index (χ2n) is 6.25. The molecule has 0 bridgehead atoms. The van der Waals surface area contributed by atoms with Gasteiger partial charge in [-0.25, -0.2) is 4.79 Å². The monoisotopic (exact) mass is 358 g/mol. The van der Waals surface area contributed by atoms with Crippen LogP contribution in [0.25, 0.3) is 0 Å². The molecule has 1 aromatic rings. The van der Waals surface area contributed by atoms with Gasteiger partial charge < -0.3 is 14.5 Å². The Kier molecular flexibility index (Phi) is 4.83. The fraction of sp³-hybridized carbons (Fsp3) is 0.389. The van der Waals surface area contributed by atoms with Crippen molar-refractivity contribution in [3.8, 4) is 5.75 Å². The Balaban J connectivity index is 1.72. The highest BCUT2D eigenvalue weighted by Gasteiger charge is 2.38. The number of barbiturate groups is 1. The van der Waals surface area contributed by atoms with Crippen LogP contribution in [-0.4, -0.2) is 79.9 Å². The lowest BCUT2D eigenvalue weighted by Crippen LogP contribution is -2.53. The molecule has 3 rings (SSSR count). The minimum absolute atomic E-state index is 0.0142. The molecule has 0 spiro atoms. The summed E-state index contributed by atoms with van der Waals surface area (Å²) in [5.41, 5.74) is 1.04. The second kappa shape index (κ2) is 7.07. The van der Waals surface area contributed by atoms with Gasteiger partial charge in [-0.2, -0.15) is 0 Å². The van der Waals surface area contributed by atoms with Gasteiger partial charge in [0.15, 0.2) is 0 Å². The number of piperazine rings is 1. The Morgan fingerprint density at radius 1 is 0.923 bits per heavy atom. The lowest BCUT2D eigenvalue weighted by Gasteiger charge is -2.37. The van der Waals surface area contributed by atoms with Gasteiger partial charge in [0, 0.05) is 46.5 Å². The van der Waals surface area contributed by atoms with Crippen molar-refractivity contribution in [3.05, 3.63) is 36.0 Å². The quantitative estimate of drug-likeness (QED) is 0.587. The molecule has 2 heterocycles. The third-order valence-corrected chi connectivity index (χ3v) is 4.70. The largest absolute Gasteiger partial charge is 0.495 e. The van der Waals surface area contributed by atoms with Crippen molar-refractivity contribution >= 4 is 23.5 Å². The Bertz CT molecular complexity index is 742. The third-order valence-electron chi connectivity index (χ3n) is 4.70. The number of amides is 4. The normalized spacial score (nSPS) is 18.6. The number of urea groups is 1. The van der Waals surface area contributed by atoms with Gasteiger partial charge in [-0.15, -0.1) is 0 Å². The topological polar surface area (TPSA) is 73.4 Å². The van der Waals surface area contributed by atoms with Crippen LogP contribution >= 0.6 is 0 Å². The summed E-state index contributed by atoms with van der Waals surface area (Å²) >= 11 is 0. The lowest BCUT2D eigenvalue weighted by atomic mass is 10.1. The Hall–Kier alpha value is -3.03. The minimum atomic E-state index is -0.613. The number of nitrogens with zero attached hydrogens (tertiary/aromatic N) is 4. The highest BCUT2D eigenvalue weighted by molar-refractivity contribution is 6.28. The van der Waals surface area contributed by atoms with Crippen LogP contribution in [-0.2, 0) is 9.59 Å². The average molecular weight is 358 g/mol. The third kappa shape index (κ3) is 3.10. The smallest absolute Gasteiger partial charge is 0.333 e. The van der Waals surface area contributed by atoms with Crippen molar-refractivity contribution in [1.29, 1.82) is 0 Å². The van der Waals surface area contributed by atoms with Gasteiger partial charge >= 0.3 is 6.03 Å². The molecule has 4 amide bonds. The second-order valence-corrected chi connectivity index (χ2v) is 6.25. The van der Waals surface area contributed by atoms with Crippen LogP contribution in [0.2, 0.25) is 0 Å². The minimum Gasteiger partial charge on any atom is -0.495 e. The summed E-state index contributed by atoms with van der Waals surface area (Å²) in [5, 5.41) is 0. The van der Waals surface area contributed by atoms with Crippen molar-refractivity contribution in [2.45, 2.75) is 0 Å². The van der Waals surface area contributed by atoms with E-state index in [1.165, 1.54) is 14.1 Å². The molecule has 1 aromatic carbocycles. The first-order chi connectivity index (χ1) is 12.4. The van der Waals surface area contributed by atoms with E-state index in [9.17, 15) is 14.4 Å². The first-order valence-corrected chi connectivity index (χ1v) is 8.38. The van der Waals surface area contributed by atoms with Crippen LogP contribution in [0.5, 0.6) is 5.75 Å². The number of rotatable bonds is 3. The molecule has 2 aliphatic rings. The molecular formula is C18H22N4O4. The van der Waals surface area contributed by atoms with Crippen molar-refractivity contribution in [1.82, 2.24) is 14.7 Å². The highest BCUT2D eigenvalue weighted by Crippen LogP contribution is 2.28. The van der Waals surface area contributed by atoms with Gasteiger partial charge in [0.1, 0.15) is 11.3 Å². The van der Waals surface area contributed by atoms with E-state index in [1.54, 1.807) is 13.3 Å². The Morgan fingerprint density at radius 3 is 2.08 bits per heavy atom. The zero-order valence-corrected chi connectivity index (χ0v) is 15.1. The molecule has 2 saturated heterocycles. The molecule has 0 radical (unpaired) electrons. The van der Waals surface area contributed by atoms with Gasteiger partial charge in [-0.3, -0.25) is 19.4 Å². The summed E-state index contributed by atoms with van der Waals surface area (Å²) in [6, 6.07) is 7.21. The predicted octanol–water partition coefficient (Wildman–Crippen LogP) is 0.751. The maximum Gasteiger partial charge on any atom is 0.333 e. The summed E-state index contributed by atoms with van der Waals surface area (Å²) in [4.78, 5) is 42.4. The Morgan fingerprint density at radius 2 is 1.50 bits per heavy atom. The fourth-order valence-electron chi connectivity index (χ4n) is 3.13. The molecule has 0 atom stereocenters. The van der Waals surface area contributed by atoms with Crippen LogP contribution in [0.15, 0.2) is 36.0 Å². The lowest BCUT2D eigenvalue weighted by molar-refractivity contribution is -0.134. The molecule has 8 heteroatoms. The molecule has 0 saturated carbocycles. The highest BCUT2D eigenvalue weighted by atomic mass is 16.5. The van der Waals surface area contributed by atoms with Gasteiger partial charge in [-0.1, -0.05) is 12.1 Å². The zero-order chi connectivity index (χ0) is 18.8. The average Bonchev–Trinajstić information content (AvgIpc) is 2.68. The molecule has 0 aliphatic carbocycles. The molecule has 0 aromatic heterocycles. The van der Waals surface area contributed by atoms with E-state index in [1.807, 2.05) is 29.2 Å². The van der Waals surface area contributed by atoms with Gasteiger partial charge in [0.25, 0.3) is 11.8 Å². The maximum absolute atomic E-state index is 12.3. The van der Waals surface area contributed by atoms with Crippen LogP contribution in [0.4, 0.5) is 10.5 Å². The zero-order valence-electron chi connectivity index (χ0n) is 15.1. The van der Waals surface area contributed by atoms with Crippen molar-refractivity contribution < 1.29 is 19.1 Å². The van der Waals surface area contributed by atoms with E-state index >= 15 is 0 Å². The number of carbonyl (C=O) groups excluding carboxylic acids is 3. The van der Waals surface area contributed by atoms with Crippen molar-refractivity contribution in [3.63, 3.8) is 0 Å². The van der Waals surface area contributed by atoms with Gasteiger partial charge in [-0.05, 0) is 12.1 Å². The molecule has 138 valence electrons. The Labute approximate surface area is 152 Å². The number of hydrogen-bond donors (Lipinski definition) is 0. The molecule has 2 fully saturated rings. The van der Waals surface area contributed by atoms with E-state index in [-0.39, 0.29) is 5.57 Å².